The first-order valence-corrected chi connectivity index (χ1v) is 12.4. The molecule has 1 atom stereocenters. The maximum absolute atomic E-state index is 13.6. The van der Waals surface area contributed by atoms with Crippen molar-refractivity contribution in [1.82, 2.24) is 10.3 Å². The molecule has 0 fully saturated rings. The Morgan fingerprint density at radius 1 is 1.05 bits per heavy atom. The predicted molar refractivity (Wildman–Crippen MR) is 143 cm³/mol. The Morgan fingerprint density at radius 3 is 2.13 bits per heavy atom. The minimum absolute atomic E-state index is 0. The third kappa shape index (κ3) is 8.69. The van der Waals surface area contributed by atoms with Crippen LogP contribution in [0.2, 0.25) is 0 Å². The van der Waals surface area contributed by atoms with Gasteiger partial charge in [-0.25, -0.2) is 23.2 Å². The van der Waals surface area contributed by atoms with Gasteiger partial charge in [-0.05, 0) is 51.0 Å². The van der Waals surface area contributed by atoms with E-state index in [0.717, 1.165) is 40.5 Å². The van der Waals surface area contributed by atoms with Gasteiger partial charge in [-0.2, -0.15) is 55.1 Å². The van der Waals surface area contributed by atoms with Crippen LogP contribution in [0.15, 0.2) is 84.2 Å². The summed E-state index contributed by atoms with van der Waals surface area (Å²) in [5.41, 5.74) is -0.886. The number of amides is 2. The predicted octanol–water partition coefficient (Wildman–Crippen LogP) is 6.57. The topological polar surface area (TPSA) is 62.3 Å². The molecule has 0 aliphatic carbocycles. The number of nitrogens with zero attached hydrogens (tertiary/aromatic N) is 2. The van der Waals surface area contributed by atoms with Crippen LogP contribution in [0.3, 0.4) is 0 Å². The maximum Gasteiger partial charge on any atom is 2.00 e. The Bertz CT molecular complexity index is 1350. The van der Waals surface area contributed by atoms with Crippen LogP contribution in [0.5, 0.6) is 0 Å². The van der Waals surface area contributed by atoms with Gasteiger partial charge in [0.2, 0.25) is 5.91 Å². The molecular formula is C29H26F3FeN3O2S. The maximum atomic E-state index is 13.6. The van der Waals surface area contributed by atoms with E-state index >= 15 is 0 Å². The quantitative estimate of drug-likeness (QED) is 0.162. The summed E-state index contributed by atoms with van der Waals surface area (Å²) >= 11 is 1.08. The second kappa shape index (κ2) is 13.4. The molecule has 39 heavy (non-hydrogen) atoms. The summed E-state index contributed by atoms with van der Waals surface area (Å²) in [5.74, 6) is 1.19. The molecule has 0 radical (unpaired) electrons. The first-order chi connectivity index (χ1) is 17.9. The average molecular weight is 593 g/mol. The SMILES string of the molecule is C#Cc1nc(C(=O)N(c2ccc(C(F)(F)F)cc2)C(C(=O)NC(C)(C)C)c2cc[cH-]c2)cs1.[Fe+2].c1cc[cH-]c1. The Morgan fingerprint density at radius 2 is 1.69 bits per heavy atom. The molecule has 0 aliphatic rings. The molecule has 0 saturated heterocycles. The summed E-state index contributed by atoms with van der Waals surface area (Å²) in [6.07, 6.45) is 0.822. The van der Waals surface area contributed by atoms with E-state index in [1.165, 1.54) is 5.38 Å². The molecule has 0 aliphatic heterocycles. The van der Waals surface area contributed by atoms with E-state index in [4.69, 9.17) is 6.42 Å². The number of aromatic nitrogens is 1. The number of thiazole rings is 1. The number of benzene rings is 1. The van der Waals surface area contributed by atoms with Crippen molar-refractivity contribution >= 4 is 28.8 Å². The summed E-state index contributed by atoms with van der Waals surface area (Å²) in [7, 11) is 0. The Labute approximate surface area is 240 Å². The fraction of sp³-hybridized carbons (Fsp3) is 0.207. The molecule has 1 heterocycles. The van der Waals surface area contributed by atoms with E-state index in [9.17, 15) is 22.8 Å². The smallest absolute Gasteiger partial charge is 0.350 e. The van der Waals surface area contributed by atoms with Crippen molar-refractivity contribution < 1.29 is 39.8 Å². The number of carbonyl (C=O) groups excluding carboxylic acids is 2. The third-order valence-corrected chi connectivity index (χ3v) is 5.88. The molecule has 204 valence electrons. The fourth-order valence-corrected chi connectivity index (χ4v) is 4.10. The van der Waals surface area contributed by atoms with Crippen molar-refractivity contribution in [2.75, 3.05) is 4.90 Å². The summed E-state index contributed by atoms with van der Waals surface area (Å²) in [6.45, 7) is 5.37. The van der Waals surface area contributed by atoms with Crippen LogP contribution < -0.4 is 10.2 Å². The van der Waals surface area contributed by atoms with Crippen molar-refractivity contribution in [3.8, 4) is 12.3 Å². The molecule has 4 rings (SSSR count). The van der Waals surface area contributed by atoms with Gasteiger partial charge in [0.1, 0.15) is 5.69 Å². The minimum Gasteiger partial charge on any atom is -0.350 e. The van der Waals surface area contributed by atoms with E-state index in [1.807, 2.05) is 30.3 Å². The fourth-order valence-electron chi connectivity index (χ4n) is 3.50. The summed E-state index contributed by atoms with van der Waals surface area (Å²) in [6, 6.07) is 19.7. The van der Waals surface area contributed by atoms with Gasteiger partial charge in [0, 0.05) is 16.6 Å². The Balaban J connectivity index is 0.000000797. The number of hydrogen-bond donors (Lipinski definition) is 1. The summed E-state index contributed by atoms with van der Waals surface area (Å²) < 4.78 is 39.3. The van der Waals surface area contributed by atoms with Gasteiger partial charge < -0.3 is 10.2 Å². The number of anilines is 1. The van der Waals surface area contributed by atoms with Gasteiger partial charge in [-0.15, -0.1) is 17.8 Å². The number of carbonyl (C=O) groups is 2. The van der Waals surface area contributed by atoms with Gasteiger partial charge in [-0.3, -0.25) is 9.59 Å². The van der Waals surface area contributed by atoms with Crippen LogP contribution in [0.4, 0.5) is 18.9 Å². The van der Waals surface area contributed by atoms with E-state index in [1.54, 1.807) is 45.0 Å². The number of rotatable bonds is 5. The molecule has 4 aromatic rings. The first kappa shape index (κ1) is 31.6. The Kier molecular flexibility index (Phi) is 10.9. The van der Waals surface area contributed by atoms with Gasteiger partial charge in [0.25, 0.3) is 5.91 Å². The monoisotopic (exact) mass is 593 g/mol. The molecule has 1 unspecified atom stereocenters. The van der Waals surface area contributed by atoms with Crippen molar-refractivity contribution in [3.63, 3.8) is 0 Å². The first-order valence-electron chi connectivity index (χ1n) is 11.5. The van der Waals surface area contributed by atoms with Crippen LogP contribution >= 0.6 is 11.3 Å². The normalized spacial score (nSPS) is 11.7. The molecule has 0 bridgehead atoms. The van der Waals surface area contributed by atoms with Crippen molar-refractivity contribution in [3.05, 3.63) is 106 Å². The zero-order chi connectivity index (χ0) is 27.9. The molecule has 10 heteroatoms. The van der Waals surface area contributed by atoms with Crippen molar-refractivity contribution in [2.45, 2.75) is 38.5 Å². The molecule has 3 aromatic carbocycles. The van der Waals surface area contributed by atoms with Crippen LogP contribution in [-0.2, 0) is 28.0 Å². The number of alkyl halides is 3. The minimum atomic E-state index is -4.54. The van der Waals surface area contributed by atoms with Crippen LogP contribution in [0.1, 0.15) is 53.4 Å². The van der Waals surface area contributed by atoms with E-state index in [0.29, 0.717) is 5.56 Å². The second-order valence-electron chi connectivity index (χ2n) is 9.22. The van der Waals surface area contributed by atoms with Gasteiger partial charge in [0.15, 0.2) is 5.01 Å². The zero-order valence-corrected chi connectivity index (χ0v) is 23.3. The molecule has 0 saturated carbocycles. The summed E-state index contributed by atoms with van der Waals surface area (Å²) in [4.78, 5) is 32.2. The second-order valence-corrected chi connectivity index (χ2v) is 10.1. The molecular weight excluding hydrogens is 567 g/mol. The Hall–Kier alpha value is -3.64. The third-order valence-electron chi connectivity index (χ3n) is 5.10. The molecule has 5 nitrogen and oxygen atoms in total. The molecule has 1 N–H and O–H groups in total. The largest absolute Gasteiger partial charge is 2.00 e. The van der Waals surface area contributed by atoms with Gasteiger partial charge in [-0.1, -0.05) is 0 Å². The number of nitrogens with one attached hydrogen (secondary N) is 1. The average Bonchev–Trinajstić information content (AvgIpc) is 3.64. The summed E-state index contributed by atoms with van der Waals surface area (Å²) in [5, 5.41) is 4.58. The van der Waals surface area contributed by atoms with Crippen molar-refractivity contribution in [1.29, 1.82) is 0 Å². The molecule has 1 aromatic heterocycles. The molecule has 2 amide bonds. The number of hydrogen-bond acceptors (Lipinski definition) is 4. The van der Waals surface area contributed by atoms with Crippen molar-refractivity contribution in [2.24, 2.45) is 0 Å². The van der Waals surface area contributed by atoms with Crippen LogP contribution in [-0.4, -0.2) is 22.3 Å². The molecule has 0 spiro atoms. The number of terminal acetylenes is 1. The van der Waals surface area contributed by atoms with E-state index in [2.05, 4.69) is 16.2 Å². The zero-order valence-electron chi connectivity index (χ0n) is 21.3. The van der Waals surface area contributed by atoms with Crippen LogP contribution in [0, 0.1) is 12.3 Å². The standard InChI is InChI=1S/C24H21F3N3O2S.C5H5.Fe/c1-5-19-28-18(14-33-19)22(32)30(17-12-10-16(11-13-17)24(25,26)27)20(15-8-6-7-9-15)21(31)29-23(2,3)4;1-2-4-5-3-1;/h1,6-14,20H,2-4H3,(H,29,31);1-5H;/q2*-1;+2. The van der Waals surface area contributed by atoms with Gasteiger partial charge >= 0.3 is 23.2 Å². The van der Waals surface area contributed by atoms with Crippen LogP contribution in [0.25, 0.3) is 0 Å². The van der Waals surface area contributed by atoms with E-state index in [-0.39, 0.29) is 33.5 Å². The van der Waals surface area contributed by atoms with E-state index < -0.39 is 35.1 Å². The van der Waals surface area contributed by atoms with Gasteiger partial charge in [0.05, 0.1) is 11.6 Å². The number of halogens is 3.